The molecule has 0 rings (SSSR count). The van der Waals surface area contributed by atoms with Crippen molar-refractivity contribution in [1.82, 2.24) is 0 Å². The Hall–Kier alpha value is -0.830. The van der Waals surface area contributed by atoms with E-state index in [1.54, 1.807) is 6.08 Å². The number of hydrogen-bond acceptors (Lipinski definition) is 2. The first-order chi connectivity index (χ1) is 5.72. The number of nitrogens with two attached hydrogens (primary N) is 1. The molecule has 3 heteroatoms. The van der Waals surface area contributed by atoms with Crippen molar-refractivity contribution in [1.29, 1.82) is 0 Å². The van der Waals surface area contributed by atoms with Crippen LogP contribution in [0.25, 0.3) is 0 Å². The Kier molecular flexibility index (Phi) is 6.38. The fraction of sp³-hybridized carbons (Fsp3) is 0.667. The van der Waals surface area contributed by atoms with Gasteiger partial charge in [-0.1, -0.05) is 12.5 Å². The van der Waals surface area contributed by atoms with Crippen LogP contribution >= 0.6 is 0 Å². The van der Waals surface area contributed by atoms with E-state index in [4.69, 9.17) is 10.8 Å². The summed E-state index contributed by atoms with van der Waals surface area (Å²) in [6.45, 7) is 3.73. The Morgan fingerprint density at radius 3 is 2.67 bits per heavy atom. The van der Waals surface area contributed by atoms with Crippen LogP contribution in [0.4, 0.5) is 0 Å². The molecule has 0 aliphatic heterocycles. The SMILES string of the molecule is C=CCC(CCCCO)C(N)=O. The molecule has 3 nitrogen and oxygen atoms in total. The third-order valence-electron chi connectivity index (χ3n) is 1.81. The highest BCUT2D eigenvalue weighted by Gasteiger charge is 2.12. The molecule has 70 valence electrons. The molecule has 1 amide bonds. The van der Waals surface area contributed by atoms with Crippen molar-refractivity contribution < 1.29 is 9.90 Å². The van der Waals surface area contributed by atoms with Crippen LogP contribution in [0.2, 0.25) is 0 Å². The predicted octanol–water partition coefficient (Wildman–Crippen LogP) is 0.827. The predicted molar refractivity (Wildman–Crippen MR) is 48.4 cm³/mol. The summed E-state index contributed by atoms with van der Waals surface area (Å²) in [5.41, 5.74) is 5.16. The van der Waals surface area contributed by atoms with E-state index in [2.05, 4.69) is 6.58 Å². The highest BCUT2D eigenvalue weighted by molar-refractivity contribution is 5.76. The Labute approximate surface area is 73.3 Å². The van der Waals surface area contributed by atoms with Crippen LogP contribution in [0.5, 0.6) is 0 Å². The molecule has 0 saturated carbocycles. The van der Waals surface area contributed by atoms with E-state index in [0.717, 1.165) is 19.3 Å². The zero-order chi connectivity index (χ0) is 9.40. The Morgan fingerprint density at radius 1 is 1.58 bits per heavy atom. The summed E-state index contributed by atoms with van der Waals surface area (Å²) in [7, 11) is 0. The monoisotopic (exact) mass is 171 g/mol. The number of aliphatic hydroxyl groups is 1. The van der Waals surface area contributed by atoms with Crippen molar-refractivity contribution in [3.63, 3.8) is 0 Å². The first-order valence-electron chi connectivity index (χ1n) is 4.23. The lowest BCUT2D eigenvalue weighted by Crippen LogP contribution is -2.22. The van der Waals surface area contributed by atoms with Gasteiger partial charge in [-0.25, -0.2) is 0 Å². The average molecular weight is 171 g/mol. The number of carbonyl (C=O) groups excluding carboxylic acids is 1. The van der Waals surface area contributed by atoms with Gasteiger partial charge in [-0.05, 0) is 19.3 Å². The minimum absolute atomic E-state index is 0.103. The number of amides is 1. The zero-order valence-corrected chi connectivity index (χ0v) is 7.33. The molecule has 0 bridgehead atoms. The summed E-state index contributed by atoms with van der Waals surface area (Å²) in [5, 5.41) is 8.51. The van der Waals surface area contributed by atoms with Gasteiger partial charge in [0.1, 0.15) is 0 Å². The van der Waals surface area contributed by atoms with Gasteiger partial charge >= 0.3 is 0 Å². The summed E-state index contributed by atoms with van der Waals surface area (Å²) in [5.74, 6) is -0.373. The van der Waals surface area contributed by atoms with Gasteiger partial charge in [-0.15, -0.1) is 6.58 Å². The van der Waals surface area contributed by atoms with Gasteiger partial charge in [0.15, 0.2) is 0 Å². The standard InChI is InChI=1S/C9H17NO2/c1-2-5-8(9(10)12)6-3-4-7-11/h2,8,11H,1,3-7H2,(H2,10,12). The van der Waals surface area contributed by atoms with Crippen molar-refractivity contribution in [2.45, 2.75) is 25.7 Å². The maximum Gasteiger partial charge on any atom is 0.220 e. The van der Waals surface area contributed by atoms with E-state index < -0.39 is 0 Å². The lowest BCUT2D eigenvalue weighted by Gasteiger charge is -2.09. The molecule has 0 spiro atoms. The number of carbonyl (C=O) groups is 1. The first kappa shape index (κ1) is 11.2. The summed E-state index contributed by atoms with van der Waals surface area (Å²) >= 11 is 0. The molecule has 0 fully saturated rings. The lowest BCUT2D eigenvalue weighted by molar-refractivity contribution is -0.121. The van der Waals surface area contributed by atoms with Crippen LogP contribution in [0.3, 0.4) is 0 Å². The highest BCUT2D eigenvalue weighted by atomic mass is 16.2. The molecular weight excluding hydrogens is 154 g/mol. The Balaban J connectivity index is 3.63. The number of primary amides is 1. The van der Waals surface area contributed by atoms with Gasteiger partial charge < -0.3 is 10.8 Å². The van der Waals surface area contributed by atoms with Crippen LogP contribution in [-0.2, 0) is 4.79 Å². The van der Waals surface area contributed by atoms with Crippen molar-refractivity contribution in [3.05, 3.63) is 12.7 Å². The molecule has 0 aliphatic rings. The van der Waals surface area contributed by atoms with Crippen molar-refractivity contribution in [2.24, 2.45) is 11.7 Å². The van der Waals surface area contributed by atoms with Gasteiger partial charge in [0.05, 0.1) is 0 Å². The minimum Gasteiger partial charge on any atom is -0.396 e. The molecule has 3 N–H and O–H groups in total. The molecule has 0 saturated heterocycles. The summed E-state index contributed by atoms with van der Waals surface area (Å²) in [6, 6.07) is 0. The molecule has 12 heavy (non-hydrogen) atoms. The molecule has 0 heterocycles. The Morgan fingerprint density at radius 2 is 2.25 bits per heavy atom. The topological polar surface area (TPSA) is 63.3 Å². The number of hydrogen-bond donors (Lipinski definition) is 2. The fourth-order valence-electron chi connectivity index (χ4n) is 1.08. The van der Waals surface area contributed by atoms with Gasteiger partial charge in [0.2, 0.25) is 5.91 Å². The van der Waals surface area contributed by atoms with Crippen LogP contribution in [0.15, 0.2) is 12.7 Å². The van der Waals surface area contributed by atoms with E-state index in [-0.39, 0.29) is 18.4 Å². The molecule has 0 radical (unpaired) electrons. The third-order valence-corrected chi connectivity index (χ3v) is 1.81. The second-order valence-electron chi connectivity index (χ2n) is 2.84. The van der Waals surface area contributed by atoms with E-state index in [0.29, 0.717) is 6.42 Å². The van der Waals surface area contributed by atoms with E-state index in [1.807, 2.05) is 0 Å². The largest absolute Gasteiger partial charge is 0.396 e. The van der Waals surface area contributed by atoms with E-state index in [9.17, 15) is 4.79 Å². The van der Waals surface area contributed by atoms with Gasteiger partial charge in [-0.3, -0.25) is 4.79 Å². The fourth-order valence-corrected chi connectivity index (χ4v) is 1.08. The molecule has 0 aliphatic carbocycles. The first-order valence-corrected chi connectivity index (χ1v) is 4.23. The quantitative estimate of drug-likeness (QED) is 0.440. The van der Waals surface area contributed by atoms with Crippen LogP contribution in [0.1, 0.15) is 25.7 Å². The lowest BCUT2D eigenvalue weighted by atomic mass is 9.98. The molecule has 1 unspecified atom stereocenters. The third kappa shape index (κ3) is 4.91. The number of unbranched alkanes of at least 4 members (excludes halogenated alkanes) is 1. The second kappa shape index (κ2) is 6.85. The summed E-state index contributed by atoms with van der Waals surface area (Å²) < 4.78 is 0. The average Bonchev–Trinajstić information content (AvgIpc) is 2.03. The van der Waals surface area contributed by atoms with Crippen LogP contribution in [0, 0.1) is 5.92 Å². The normalized spacial score (nSPS) is 12.4. The smallest absolute Gasteiger partial charge is 0.220 e. The van der Waals surface area contributed by atoms with Gasteiger partial charge in [0.25, 0.3) is 0 Å². The summed E-state index contributed by atoms with van der Waals surface area (Å²) in [4.78, 5) is 10.8. The molecular formula is C9H17NO2. The highest BCUT2D eigenvalue weighted by Crippen LogP contribution is 2.12. The summed E-state index contributed by atoms with van der Waals surface area (Å²) in [6.07, 6.45) is 4.68. The van der Waals surface area contributed by atoms with Crippen LogP contribution in [-0.4, -0.2) is 17.6 Å². The minimum atomic E-state index is -0.271. The van der Waals surface area contributed by atoms with E-state index >= 15 is 0 Å². The molecule has 0 aromatic heterocycles. The van der Waals surface area contributed by atoms with Gasteiger partial charge in [-0.2, -0.15) is 0 Å². The number of rotatable bonds is 7. The van der Waals surface area contributed by atoms with Crippen LogP contribution < -0.4 is 5.73 Å². The van der Waals surface area contributed by atoms with Crippen molar-refractivity contribution in [3.8, 4) is 0 Å². The van der Waals surface area contributed by atoms with Crippen molar-refractivity contribution >= 4 is 5.91 Å². The van der Waals surface area contributed by atoms with E-state index in [1.165, 1.54) is 0 Å². The molecule has 0 aromatic carbocycles. The molecule has 0 aromatic rings. The number of aliphatic hydroxyl groups excluding tert-OH is 1. The maximum atomic E-state index is 10.8. The molecule has 1 atom stereocenters. The van der Waals surface area contributed by atoms with Gasteiger partial charge in [0, 0.05) is 12.5 Å². The Bertz CT molecular complexity index is 145. The van der Waals surface area contributed by atoms with Crippen molar-refractivity contribution in [2.75, 3.05) is 6.61 Å². The zero-order valence-electron chi connectivity index (χ0n) is 7.33. The number of allylic oxidation sites excluding steroid dienone is 1. The maximum absolute atomic E-state index is 10.8. The second-order valence-corrected chi connectivity index (χ2v) is 2.84.